The number of fused-ring (bicyclic) bond motifs is 1. The Kier molecular flexibility index (Phi) is 3.64. The van der Waals surface area contributed by atoms with Crippen LogP contribution in [0, 0.1) is 0 Å². The van der Waals surface area contributed by atoms with Crippen molar-refractivity contribution in [2.24, 2.45) is 0 Å². The van der Waals surface area contributed by atoms with Crippen LogP contribution in [0.5, 0.6) is 0 Å². The van der Waals surface area contributed by atoms with Gasteiger partial charge >= 0.3 is 0 Å². The van der Waals surface area contributed by atoms with Gasteiger partial charge in [0.2, 0.25) is 0 Å². The average Bonchev–Trinajstić information content (AvgIpc) is 2.63. The molecular formula is C12H15ClN2O2. The van der Waals surface area contributed by atoms with E-state index in [0.717, 1.165) is 18.4 Å². The fourth-order valence-corrected chi connectivity index (χ4v) is 2.36. The van der Waals surface area contributed by atoms with Crippen molar-refractivity contribution in [3.05, 3.63) is 28.5 Å². The van der Waals surface area contributed by atoms with E-state index in [2.05, 4.69) is 4.98 Å². The highest BCUT2D eigenvalue weighted by atomic mass is 35.5. The van der Waals surface area contributed by atoms with Crippen LogP contribution in [0.3, 0.4) is 0 Å². The minimum Gasteiger partial charge on any atom is -0.394 e. The number of halogens is 1. The molecule has 0 unspecified atom stereocenters. The molecule has 1 aromatic heterocycles. The maximum absolute atomic E-state index is 12.1. The number of carbonyl (C=O) groups is 1. The second-order valence-corrected chi connectivity index (χ2v) is 4.61. The molecule has 5 heteroatoms. The number of aromatic nitrogens is 1. The highest BCUT2D eigenvalue weighted by Gasteiger charge is 2.32. The Balaban J connectivity index is 2.24. The molecule has 0 radical (unpaired) electrons. The highest BCUT2D eigenvalue weighted by Crippen LogP contribution is 2.26. The number of hydrogen-bond acceptors (Lipinski definition) is 3. The second kappa shape index (κ2) is 5.02. The summed E-state index contributed by atoms with van der Waals surface area (Å²) in [5.41, 5.74) is 1.49. The Hall–Kier alpha value is -1.13. The first kappa shape index (κ1) is 12.3. The number of rotatable bonds is 4. The van der Waals surface area contributed by atoms with Crippen LogP contribution >= 0.6 is 11.6 Å². The molecule has 2 rings (SSSR count). The zero-order valence-electron chi connectivity index (χ0n) is 9.69. The van der Waals surface area contributed by atoms with Gasteiger partial charge in [0, 0.05) is 12.7 Å². The quantitative estimate of drug-likeness (QED) is 0.835. The molecular weight excluding hydrogens is 240 g/mol. The minimum absolute atomic E-state index is 0.00523. The molecule has 0 saturated carbocycles. The van der Waals surface area contributed by atoms with Gasteiger partial charge in [0.05, 0.1) is 18.2 Å². The predicted octanol–water partition coefficient (Wildman–Crippen LogP) is 1.85. The van der Waals surface area contributed by atoms with Gasteiger partial charge in [-0.05, 0) is 18.1 Å². The number of nitrogens with zero attached hydrogens (tertiary/aromatic N) is 2. The smallest absolute Gasteiger partial charge is 0.256 e. The van der Waals surface area contributed by atoms with Gasteiger partial charge in [-0.15, -0.1) is 0 Å². The first-order chi connectivity index (χ1) is 8.17. The summed E-state index contributed by atoms with van der Waals surface area (Å²) >= 11 is 5.80. The van der Waals surface area contributed by atoms with Crippen LogP contribution in [-0.4, -0.2) is 33.5 Å². The second-order valence-electron chi connectivity index (χ2n) is 4.22. The van der Waals surface area contributed by atoms with Gasteiger partial charge in [0.15, 0.2) is 0 Å². The van der Waals surface area contributed by atoms with Gasteiger partial charge in [-0.2, -0.15) is 0 Å². The Morgan fingerprint density at radius 3 is 3.06 bits per heavy atom. The van der Waals surface area contributed by atoms with Gasteiger partial charge in [-0.3, -0.25) is 4.79 Å². The molecule has 2 heterocycles. The fraction of sp³-hybridized carbons (Fsp3) is 0.500. The van der Waals surface area contributed by atoms with Gasteiger partial charge in [0.1, 0.15) is 5.15 Å². The lowest BCUT2D eigenvalue weighted by Crippen LogP contribution is -2.38. The van der Waals surface area contributed by atoms with E-state index in [9.17, 15) is 9.90 Å². The number of hydrogen-bond donors (Lipinski definition) is 1. The monoisotopic (exact) mass is 254 g/mol. The molecule has 0 fully saturated rings. The molecule has 0 aromatic carbocycles. The first-order valence-corrected chi connectivity index (χ1v) is 6.11. The summed E-state index contributed by atoms with van der Waals surface area (Å²) in [6.45, 7) is 2.55. The molecule has 1 amide bonds. The van der Waals surface area contributed by atoms with Crippen LogP contribution in [0.25, 0.3) is 0 Å². The normalized spacial score (nSPS) is 16.2. The molecule has 0 bridgehead atoms. The zero-order valence-corrected chi connectivity index (χ0v) is 10.4. The van der Waals surface area contributed by atoms with E-state index in [0.29, 0.717) is 17.3 Å². The third-order valence-corrected chi connectivity index (χ3v) is 3.27. The van der Waals surface area contributed by atoms with Crippen molar-refractivity contribution in [3.63, 3.8) is 0 Å². The van der Waals surface area contributed by atoms with Gasteiger partial charge in [-0.25, -0.2) is 4.98 Å². The molecule has 4 nitrogen and oxygen atoms in total. The lowest BCUT2D eigenvalue weighted by molar-refractivity contribution is 0.0602. The van der Waals surface area contributed by atoms with Crippen LogP contribution in [0.1, 0.15) is 35.7 Å². The highest BCUT2D eigenvalue weighted by molar-refractivity contribution is 6.29. The van der Waals surface area contributed by atoms with Crippen LogP contribution in [0.4, 0.5) is 0 Å². The number of pyridine rings is 1. The average molecular weight is 255 g/mol. The van der Waals surface area contributed by atoms with Crippen LogP contribution < -0.4 is 0 Å². The largest absolute Gasteiger partial charge is 0.394 e. The van der Waals surface area contributed by atoms with E-state index in [1.165, 1.54) is 6.20 Å². The van der Waals surface area contributed by atoms with Crippen molar-refractivity contribution in [2.45, 2.75) is 32.4 Å². The summed E-state index contributed by atoms with van der Waals surface area (Å²) in [4.78, 5) is 17.7. The van der Waals surface area contributed by atoms with Gasteiger partial charge in [-0.1, -0.05) is 24.9 Å². The van der Waals surface area contributed by atoms with Crippen LogP contribution in [0.15, 0.2) is 12.3 Å². The number of carbonyl (C=O) groups excluding carboxylic acids is 1. The Bertz CT molecular complexity index is 437. The summed E-state index contributed by atoms with van der Waals surface area (Å²) in [7, 11) is 0. The summed E-state index contributed by atoms with van der Waals surface area (Å²) in [6.07, 6.45) is 3.25. The lowest BCUT2D eigenvalue weighted by Gasteiger charge is -2.25. The Morgan fingerprint density at radius 1 is 1.65 bits per heavy atom. The van der Waals surface area contributed by atoms with Crippen LogP contribution in [-0.2, 0) is 6.54 Å². The van der Waals surface area contributed by atoms with E-state index >= 15 is 0 Å². The summed E-state index contributed by atoms with van der Waals surface area (Å²) in [5.74, 6) is -0.0586. The van der Waals surface area contributed by atoms with Crippen molar-refractivity contribution >= 4 is 17.5 Å². The molecule has 1 aliphatic rings. The van der Waals surface area contributed by atoms with Crippen molar-refractivity contribution in [3.8, 4) is 0 Å². The van der Waals surface area contributed by atoms with Gasteiger partial charge in [0.25, 0.3) is 5.91 Å². The van der Waals surface area contributed by atoms with Crippen molar-refractivity contribution in [1.29, 1.82) is 0 Å². The minimum atomic E-state index is -0.112. The van der Waals surface area contributed by atoms with Crippen LogP contribution in [0.2, 0.25) is 5.15 Å². The topological polar surface area (TPSA) is 53.4 Å². The first-order valence-electron chi connectivity index (χ1n) is 5.73. The zero-order chi connectivity index (χ0) is 12.4. The van der Waals surface area contributed by atoms with Crippen molar-refractivity contribution in [2.75, 3.05) is 6.61 Å². The number of aliphatic hydroxyl groups is 1. The van der Waals surface area contributed by atoms with Crippen molar-refractivity contribution in [1.82, 2.24) is 9.88 Å². The molecule has 17 heavy (non-hydrogen) atoms. The molecule has 1 aliphatic heterocycles. The van der Waals surface area contributed by atoms with E-state index in [4.69, 9.17) is 11.6 Å². The molecule has 1 N–H and O–H groups in total. The standard InChI is InChI=1S/C12H15ClN2O2/c1-2-3-9(7-16)15-6-8-4-11(13)14-5-10(8)12(15)17/h4-5,9,16H,2-3,6-7H2,1H3/t9-/m0/s1. The number of amides is 1. The summed E-state index contributed by atoms with van der Waals surface area (Å²) in [6, 6.07) is 1.61. The Morgan fingerprint density at radius 2 is 2.41 bits per heavy atom. The molecule has 0 spiro atoms. The molecule has 0 saturated heterocycles. The third kappa shape index (κ3) is 2.28. The van der Waals surface area contributed by atoms with E-state index in [1.807, 2.05) is 6.92 Å². The molecule has 1 aromatic rings. The maximum Gasteiger partial charge on any atom is 0.256 e. The van der Waals surface area contributed by atoms with E-state index < -0.39 is 0 Å². The van der Waals surface area contributed by atoms with Crippen molar-refractivity contribution < 1.29 is 9.90 Å². The molecule has 92 valence electrons. The van der Waals surface area contributed by atoms with E-state index in [1.54, 1.807) is 11.0 Å². The summed E-state index contributed by atoms with van der Waals surface area (Å²) < 4.78 is 0. The van der Waals surface area contributed by atoms with Gasteiger partial charge < -0.3 is 10.0 Å². The lowest BCUT2D eigenvalue weighted by atomic mass is 10.1. The summed E-state index contributed by atoms with van der Waals surface area (Å²) in [5, 5.41) is 9.73. The maximum atomic E-state index is 12.1. The fourth-order valence-electron chi connectivity index (χ4n) is 2.18. The number of aliphatic hydroxyl groups excluding tert-OH is 1. The third-order valence-electron chi connectivity index (χ3n) is 3.06. The SMILES string of the molecule is CCC[C@@H](CO)N1Cc2cc(Cl)ncc2C1=O. The molecule has 1 atom stereocenters. The predicted molar refractivity (Wildman–Crippen MR) is 64.9 cm³/mol. The Labute approximate surface area is 105 Å². The molecule has 0 aliphatic carbocycles. The van der Waals surface area contributed by atoms with E-state index in [-0.39, 0.29) is 18.6 Å².